The highest BCUT2D eigenvalue weighted by molar-refractivity contribution is 7.09. The van der Waals surface area contributed by atoms with Gasteiger partial charge in [0.05, 0.1) is 16.6 Å². The van der Waals surface area contributed by atoms with Crippen LogP contribution in [0.5, 0.6) is 0 Å². The molecule has 0 unspecified atom stereocenters. The number of halogens is 1. The molecule has 1 rings (SSSR count). The van der Waals surface area contributed by atoms with Gasteiger partial charge in [-0.1, -0.05) is 26.2 Å². The zero-order valence-corrected chi connectivity index (χ0v) is 12.9. The van der Waals surface area contributed by atoms with Gasteiger partial charge in [0.25, 0.3) is 0 Å². The van der Waals surface area contributed by atoms with Crippen molar-refractivity contribution in [3.05, 3.63) is 16.1 Å². The van der Waals surface area contributed by atoms with Crippen LogP contribution in [-0.4, -0.2) is 18.2 Å². The van der Waals surface area contributed by atoms with Crippen LogP contribution in [0.1, 0.15) is 56.2 Å². The van der Waals surface area contributed by atoms with E-state index in [0.29, 0.717) is 5.88 Å². The van der Waals surface area contributed by atoms with Crippen LogP contribution in [0, 0.1) is 0 Å². The maximum absolute atomic E-state index is 5.72. The topological polar surface area (TPSA) is 22.1 Å². The number of aromatic nitrogens is 1. The molecule has 18 heavy (non-hydrogen) atoms. The van der Waals surface area contributed by atoms with Gasteiger partial charge in [0.1, 0.15) is 0 Å². The lowest BCUT2D eigenvalue weighted by atomic mass is 10.2. The van der Waals surface area contributed by atoms with Gasteiger partial charge < -0.3 is 4.74 Å². The number of rotatable bonds is 11. The summed E-state index contributed by atoms with van der Waals surface area (Å²) in [6.45, 7) is 4.04. The van der Waals surface area contributed by atoms with E-state index in [1.807, 2.05) is 5.38 Å². The quantitative estimate of drug-likeness (QED) is 0.431. The molecule has 104 valence electrons. The summed E-state index contributed by atoms with van der Waals surface area (Å²) in [5.74, 6) is 0.525. The number of ether oxygens (including phenoxy) is 1. The normalized spacial score (nSPS) is 11.0. The Bertz CT molecular complexity index is 304. The molecule has 1 aromatic rings. The molecule has 0 aliphatic rings. The maximum atomic E-state index is 5.72. The van der Waals surface area contributed by atoms with Gasteiger partial charge in [0.15, 0.2) is 0 Å². The molecule has 0 saturated carbocycles. The third-order valence-electron chi connectivity index (χ3n) is 2.81. The molecule has 1 aromatic heterocycles. The highest BCUT2D eigenvalue weighted by Gasteiger charge is 2.00. The molecule has 0 bridgehead atoms. The van der Waals surface area contributed by atoms with Crippen molar-refractivity contribution < 1.29 is 4.74 Å². The van der Waals surface area contributed by atoms with Crippen LogP contribution in [-0.2, 0) is 17.0 Å². The third kappa shape index (κ3) is 7.34. The van der Waals surface area contributed by atoms with Crippen molar-refractivity contribution in [2.75, 3.05) is 13.2 Å². The molecular formula is C14H24ClNOS. The highest BCUT2D eigenvalue weighted by Crippen LogP contribution is 2.14. The van der Waals surface area contributed by atoms with Crippen molar-refractivity contribution in [2.24, 2.45) is 0 Å². The minimum absolute atomic E-state index is 0.525. The summed E-state index contributed by atoms with van der Waals surface area (Å²) in [7, 11) is 0. The van der Waals surface area contributed by atoms with Crippen molar-refractivity contribution in [3.8, 4) is 0 Å². The van der Waals surface area contributed by atoms with E-state index in [1.165, 1.54) is 30.7 Å². The van der Waals surface area contributed by atoms with E-state index >= 15 is 0 Å². The Morgan fingerprint density at radius 3 is 2.61 bits per heavy atom. The number of alkyl halides is 1. The molecule has 0 aromatic carbocycles. The largest absolute Gasteiger partial charge is 0.381 e. The highest BCUT2D eigenvalue weighted by atomic mass is 35.5. The van der Waals surface area contributed by atoms with Crippen molar-refractivity contribution in [1.82, 2.24) is 4.98 Å². The Hall–Kier alpha value is -0.120. The van der Waals surface area contributed by atoms with Gasteiger partial charge in [0.2, 0.25) is 0 Å². The first-order valence-corrected chi connectivity index (χ1v) is 8.35. The minimum Gasteiger partial charge on any atom is -0.381 e. The van der Waals surface area contributed by atoms with Gasteiger partial charge in [-0.05, 0) is 25.7 Å². The first kappa shape index (κ1) is 15.9. The van der Waals surface area contributed by atoms with Crippen molar-refractivity contribution >= 4 is 22.9 Å². The molecule has 0 aliphatic heterocycles. The Labute approximate surface area is 120 Å². The number of unbranched alkanes of at least 4 members (excludes halogenated alkanes) is 4. The molecule has 0 aliphatic carbocycles. The average Bonchev–Trinajstić information content (AvgIpc) is 2.85. The fourth-order valence-corrected chi connectivity index (χ4v) is 2.81. The van der Waals surface area contributed by atoms with Crippen LogP contribution in [0.3, 0.4) is 0 Å². The number of hydrogen-bond acceptors (Lipinski definition) is 3. The maximum Gasteiger partial charge on any atom is 0.0928 e. The first-order valence-electron chi connectivity index (χ1n) is 6.93. The minimum atomic E-state index is 0.525. The molecule has 1 heterocycles. The van der Waals surface area contributed by atoms with Crippen molar-refractivity contribution in [3.63, 3.8) is 0 Å². The van der Waals surface area contributed by atoms with E-state index in [9.17, 15) is 0 Å². The van der Waals surface area contributed by atoms with Crippen LogP contribution in [0.4, 0.5) is 0 Å². The predicted molar refractivity (Wildman–Crippen MR) is 79.6 cm³/mol. The molecule has 0 fully saturated rings. The second kappa shape index (κ2) is 10.8. The molecule has 0 saturated heterocycles. The summed E-state index contributed by atoms with van der Waals surface area (Å²) in [6.07, 6.45) is 8.47. The van der Waals surface area contributed by atoms with E-state index in [1.54, 1.807) is 11.3 Å². The number of nitrogens with zero attached hydrogens (tertiary/aromatic N) is 1. The SMILES string of the molecule is CCCCCCOCCCCc1nc(CCl)cs1. The Kier molecular flexibility index (Phi) is 9.54. The van der Waals surface area contributed by atoms with Gasteiger partial charge in [0, 0.05) is 18.6 Å². The third-order valence-corrected chi connectivity index (χ3v) is 4.04. The van der Waals surface area contributed by atoms with Crippen LogP contribution in [0.2, 0.25) is 0 Å². The van der Waals surface area contributed by atoms with Gasteiger partial charge >= 0.3 is 0 Å². The lowest BCUT2D eigenvalue weighted by Gasteiger charge is -2.03. The summed E-state index contributed by atoms with van der Waals surface area (Å²) >= 11 is 7.43. The van der Waals surface area contributed by atoms with Gasteiger partial charge in [-0.3, -0.25) is 0 Å². The van der Waals surface area contributed by atoms with Gasteiger partial charge in [-0.25, -0.2) is 4.98 Å². The van der Waals surface area contributed by atoms with E-state index in [4.69, 9.17) is 16.3 Å². The fourth-order valence-electron chi connectivity index (χ4n) is 1.74. The monoisotopic (exact) mass is 289 g/mol. The van der Waals surface area contributed by atoms with Crippen LogP contribution in [0.25, 0.3) is 0 Å². The Morgan fingerprint density at radius 1 is 1.17 bits per heavy atom. The van der Waals surface area contributed by atoms with E-state index in [2.05, 4.69) is 11.9 Å². The van der Waals surface area contributed by atoms with Gasteiger partial charge in [-0.15, -0.1) is 22.9 Å². The molecule has 0 N–H and O–H groups in total. The zero-order chi connectivity index (χ0) is 13.1. The molecule has 2 nitrogen and oxygen atoms in total. The average molecular weight is 290 g/mol. The van der Waals surface area contributed by atoms with Crippen LogP contribution >= 0.6 is 22.9 Å². The van der Waals surface area contributed by atoms with E-state index < -0.39 is 0 Å². The summed E-state index contributed by atoms with van der Waals surface area (Å²) in [5.41, 5.74) is 1.00. The molecular weight excluding hydrogens is 266 g/mol. The van der Waals surface area contributed by atoms with Crippen molar-refractivity contribution in [2.45, 2.75) is 57.7 Å². The van der Waals surface area contributed by atoms with E-state index in [-0.39, 0.29) is 0 Å². The summed E-state index contributed by atoms with van der Waals surface area (Å²) in [5, 5.41) is 3.25. The summed E-state index contributed by atoms with van der Waals surface area (Å²) in [6, 6.07) is 0. The lowest BCUT2D eigenvalue weighted by Crippen LogP contribution is -1.98. The van der Waals surface area contributed by atoms with Crippen LogP contribution < -0.4 is 0 Å². The fraction of sp³-hybridized carbons (Fsp3) is 0.786. The lowest BCUT2D eigenvalue weighted by molar-refractivity contribution is 0.126. The standard InChI is InChI=1S/C14H24ClNOS/c1-2-3-4-6-9-17-10-7-5-8-14-16-13(11-15)12-18-14/h12H,2-11H2,1H3. The number of thiazole rings is 1. The second-order valence-electron chi connectivity index (χ2n) is 4.50. The number of aryl methyl sites for hydroxylation is 1. The Morgan fingerprint density at radius 2 is 1.94 bits per heavy atom. The molecule has 0 spiro atoms. The summed E-state index contributed by atoms with van der Waals surface area (Å²) in [4.78, 5) is 4.44. The smallest absolute Gasteiger partial charge is 0.0928 e. The van der Waals surface area contributed by atoms with Gasteiger partial charge in [-0.2, -0.15) is 0 Å². The first-order chi connectivity index (χ1) is 8.86. The number of hydrogen-bond donors (Lipinski definition) is 0. The summed E-state index contributed by atoms with van der Waals surface area (Å²) < 4.78 is 5.61. The van der Waals surface area contributed by atoms with Crippen LogP contribution in [0.15, 0.2) is 5.38 Å². The second-order valence-corrected chi connectivity index (χ2v) is 5.71. The Balaban J connectivity index is 1.89. The van der Waals surface area contributed by atoms with E-state index in [0.717, 1.165) is 38.2 Å². The molecule has 4 heteroatoms. The predicted octanol–water partition coefficient (Wildman–Crippen LogP) is 4.80. The van der Waals surface area contributed by atoms with Crippen molar-refractivity contribution in [1.29, 1.82) is 0 Å². The molecule has 0 amide bonds. The zero-order valence-electron chi connectivity index (χ0n) is 11.3. The molecule has 0 atom stereocenters. The molecule has 0 radical (unpaired) electrons.